The first-order chi connectivity index (χ1) is 6.52. The van der Waals surface area contributed by atoms with Crippen molar-refractivity contribution in [2.45, 2.75) is 39.9 Å². The molecule has 80 valence electrons. The van der Waals surface area contributed by atoms with Gasteiger partial charge < -0.3 is 5.32 Å². The Labute approximate surface area is 90.0 Å². The van der Waals surface area contributed by atoms with E-state index in [1.807, 2.05) is 0 Å². The Morgan fingerprint density at radius 3 is 2.57 bits per heavy atom. The van der Waals surface area contributed by atoms with Crippen LogP contribution in [-0.2, 0) is 0 Å². The van der Waals surface area contributed by atoms with Crippen LogP contribution in [0.1, 0.15) is 33.6 Å². The smallest absolute Gasteiger partial charge is 0.167 e. The van der Waals surface area contributed by atoms with E-state index in [-0.39, 0.29) is 0 Å². The van der Waals surface area contributed by atoms with Crippen LogP contribution in [0.25, 0.3) is 0 Å². The van der Waals surface area contributed by atoms with Crippen LogP contribution in [0.15, 0.2) is 22.4 Å². The summed E-state index contributed by atoms with van der Waals surface area (Å²) in [7, 11) is 0. The van der Waals surface area contributed by atoms with E-state index < -0.39 is 6.30 Å². The van der Waals surface area contributed by atoms with Crippen LogP contribution in [0, 0.1) is 5.92 Å². The first kappa shape index (κ1) is 11.6. The molecule has 1 N–H and O–H groups in total. The van der Waals surface area contributed by atoms with Crippen LogP contribution < -0.4 is 5.32 Å². The van der Waals surface area contributed by atoms with Gasteiger partial charge in [-0.15, -0.1) is 0 Å². The second kappa shape index (κ2) is 4.83. The van der Waals surface area contributed by atoms with E-state index in [9.17, 15) is 4.39 Å². The quantitative estimate of drug-likeness (QED) is 0.711. The highest BCUT2D eigenvalue weighted by atomic mass is 35.5. The zero-order chi connectivity index (χ0) is 10.7. The SMILES string of the molecule is CC(F)NC1=C(Cl)CCC=C1C(C)C. The van der Waals surface area contributed by atoms with E-state index in [4.69, 9.17) is 11.6 Å². The maximum absolute atomic E-state index is 12.9. The van der Waals surface area contributed by atoms with Gasteiger partial charge in [0.05, 0.1) is 5.70 Å². The highest BCUT2D eigenvalue weighted by Gasteiger charge is 2.18. The first-order valence-corrected chi connectivity index (χ1v) is 5.40. The molecule has 3 heteroatoms. The summed E-state index contributed by atoms with van der Waals surface area (Å²) in [6.45, 7) is 5.65. The number of hydrogen-bond donors (Lipinski definition) is 1. The van der Waals surface area contributed by atoms with Crippen molar-refractivity contribution in [2.24, 2.45) is 5.92 Å². The number of nitrogens with one attached hydrogen (secondary N) is 1. The second-order valence-electron chi connectivity index (χ2n) is 3.89. The molecule has 1 aliphatic rings. The molecule has 0 saturated carbocycles. The monoisotopic (exact) mass is 217 g/mol. The number of hydrogen-bond acceptors (Lipinski definition) is 1. The molecule has 0 aliphatic heterocycles. The van der Waals surface area contributed by atoms with Gasteiger partial charge in [-0.3, -0.25) is 0 Å². The lowest BCUT2D eigenvalue weighted by atomic mass is 9.93. The number of halogens is 2. The van der Waals surface area contributed by atoms with Crippen molar-refractivity contribution in [1.29, 1.82) is 0 Å². The Hall–Kier alpha value is -0.500. The van der Waals surface area contributed by atoms with E-state index in [2.05, 4.69) is 25.2 Å². The summed E-state index contributed by atoms with van der Waals surface area (Å²) in [5.74, 6) is 0.380. The predicted octanol–water partition coefficient (Wildman–Crippen LogP) is 3.72. The Bertz CT molecular complexity index is 266. The minimum absolute atomic E-state index is 0.380. The molecule has 14 heavy (non-hydrogen) atoms. The molecule has 0 aromatic rings. The molecule has 0 amide bonds. The van der Waals surface area contributed by atoms with Crippen LogP contribution >= 0.6 is 11.6 Å². The molecule has 1 unspecified atom stereocenters. The lowest BCUT2D eigenvalue weighted by Gasteiger charge is -2.23. The third-order valence-electron chi connectivity index (χ3n) is 2.25. The zero-order valence-corrected chi connectivity index (χ0v) is 9.66. The van der Waals surface area contributed by atoms with Crippen molar-refractivity contribution in [3.8, 4) is 0 Å². The fourth-order valence-electron chi connectivity index (χ4n) is 1.62. The lowest BCUT2D eigenvalue weighted by molar-refractivity contribution is 0.320. The minimum Gasteiger partial charge on any atom is -0.355 e. The number of allylic oxidation sites excluding steroid dienone is 3. The highest BCUT2D eigenvalue weighted by Crippen LogP contribution is 2.30. The van der Waals surface area contributed by atoms with E-state index in [1.54, 1.807) is 0 Å². The Morgan fingerprint density at radius 1 is 1.43 bits per heavy atom. The molecule has 1 aliphatic carbocycles. The Kier molecular flexibility index (Phi) is 3.99. The molecule has 1 atom stereocenters. The molecule has 0 radical (unpaired) electrons. The molecule has 0 heterocycles. The van der Waals surface area contributed by atoms with E-state index >= 15 is 0 Å². The number of alkyl halides is 1. The van der Waals surface area contributed by atoms with Crippen LogP contribution in [-0.4, -0.2) is 6.30 Å². The molecule has 1 rings (SSSR count). The summed E-state index contributed by atoms with van der Waals surface area (Å²) in [5.41, 5.74) is 1.92. The van der Waals surface area contributed by atoms with Crippen molar-refractivity contribution >= 4 is 11.6 Å². The van der Waals surface area contributed by atoms with Gasteiger partial charge in [0, 0.05) is 5.03 Å². The van der Waals surface area contributed by atoms with Gasteiger partial charge in [0.1, 0.15) is 0 Å². The number of rotatable bonds is 3. The molecule has 0 fully saturated rings. The van der Waals surface area contributed by atoms with Crippen molar-refractivity contribution in [3.63, 3.8) is 0 Å². The standard InChI is InChI=1S/C11H17ClFN/c1-7(2)9-5-4-6-10(12)11(9)14-8(3)13/h5,7-8,14H,4,6H2,1-3H3. The predicted molar refractivity (Wildman–Crippen MR) is 58.7 cm³/mol. The summed E-state index contributed by atoms with van der Waals surface area (Å²) in [5, 5.41) is 3.53. The van der Waals surface area contributed by atoms with Crippen molar-refractivity contribution in [2.75, 3.05) is 0 Å². The molecule has 0 saturated heterocycles. The molecule has 1 nitrogen and oxygen atoms in total. The molecular weight excluding hydrogens is 201 g/mol. The van der Waals surface area contributed by atoms with Gasteiger partial charge in [-0.2, -0.15) is 0 Å². The van der Waals surface area contributed by atoms with Crippen LogP contribution in [0.2, 0.25) is 0 Å². The van der Waals surface area contributed by atoms with Gasteiger partial charge in [-0.25, -0.2) is 4.39 Å². The van der Waals surface area contributed by atoms with E-state index in [0.29, 0.717) is 5.92 Å². The van der Waals surface area contributed by atoms with Gasteiger partial charge in [0.25, 0.3) is 0 Å². The summed E-state index contributed by atoms with van der Waals surface area (Å²) in [6, 6.07) is 0. The van der Waals surface area contributed by atoms with Crippen LogP contribution in [0.5, 0.6) is 0 Å². The van der Waals surface area contributed by atoms with E-state index in [0.717, 1.165) is 29.1 Å². The zero-order valence-electron chi connectivity index (χ0n) is 8.90. The van der Waals surface area contributed by atoms with Gasteiger partial charge >= 0.3 is 0 Å². The Morgan fingerprint density at radius 2 is 2.07 bits per heavy atom. The van der Waals surface area contributed by atoms with Crippen molar-refractivity contribution in [1.82, 2.24) is 5.32 Å². The molecular formula is C11H17ClFN. The average Bonchev–Trinajstić information content (AvgIpc) is 2.07. The van der Waals surface area contributed by atoms with Crippen LogP contribution in [0.4, 0.5) is 4.39 Å². The molecule has 0 aromatic carbocycles. The average molecular weight is 218 g/mol. The largest absolute Gasteiger partial charge is 0.355 e. The molecule has 0 spiro atoms. The van der Waals surface area contributed by atoms with Gasteiger partial charge in [-0.05, 0) is 31.3 Å². The lowest BCUT2D eigenvalue weighted by Crippen LogP contribution is -2.25. The van der Waals surface area contributed by atoms with E-state index in [1.165, 1.54) is 6.92 Å². The topological polar surface area (TPSA) is 12.0 Å². The van der Waals surface area contributed by atoms with Crippen molar-refractivity contribution in [3.05, 3.63) is 22.4 Å². The van der Waals surface area contributed by atoms with Crippen molar-refractivity contribution < 1.29 is 4.39 Å². The van der Waals surface area contributed by atoms with Gasteiger partial charge in [0.2, 0.25) is 0 Å². The molecule has 0 bridgehead atoms. The Balaban J connectivity index is 2.88. The highest BCUT2D eigenvalue weighted by molar-refractivity contribution is 6.30. The summed E-state index contributed by atoms with van der Waals surface area (Å²) in [6.07, 6.45) is 2.85. The third kappa shape index (κ3) is 2.74. The summed E-state index contributed by atoms with van der Waals surface area (Å²) < 4.78 is 12.9. The summed E-state index contributed by atoms with van der Waals surface area (Å²) >= 11 is 6.08. The maximum Gasteiger partial charge on any atom is 0.167 e. The van der Waals surface area contributed by atoms with Crippen LogP contribution in [0.3, 0.4) is 0 Å². The maximum atomic E-state index is 12.9. The van der Waals surface area contributed by atoms with Gasteiger partial charge in [-0.1, -0.05) is 31.5 Å². The fourth-order valence-corrected chi connectivity index (χ4v) is 1.90. The normalized spacial score (nSPS) is 19.7. The fraction of sp³-hybridized carbons (Fsp3) is 0.636. The second-order valence-corrected chi connectivity index (χ2v) is 4.35. The summed E-state index contributed by atoms with van der Waals surface area (Å²) in [4.78, 5) is 0. The third-order valence-corrected chi connectivity index (χ3v) is 2.63. The van der Waals surface area contributed by atoms with Gasteiger partial charge in [0.15, 0.2) is 6.30 Å². The minimum atomic E-state index is -1.06. The molecule has 0 aromatic heterocycles. The first-order valence-electron chi connectivity index (χ1n) is 5.02.